The number of nitrogens with two attached hydrogens (primary N) is 1. The summed E-state index contributed by atoms with van der Waals surface area (Å²) in [5.41, 5.74) is 10.8. The van der Waals surface area contributed by atoms with Crippen LogP contribution in [0.3, 0.4) is 0 Å². The van der Waals surface area contributed by atoms with Crippen molar-refractivity contribution in [3.8, 4) is 11.8 Å². The zero-order valence-electron chi connectivity index (χ0n) is 11.8. The molecule has 0 amide bonds. The molecule has 2 aromatic rings. The van der Waals surface area contributed by atoms with E-state index in [0.717, 1.165) is 28.3 Å². The van der Waals surface area contributed by atoms with Gasteiger partial charge in [-0.15, -0.1) is 0 Å². The van der Waals surface area contributed by atoms with Crippen LogP contribution >= 0.6 is 0 Å². The number of ether oxygens (including phenoxy) is 1. The van der Waals surface area contributed by atoms with Crippen LogP contribution in [0, 0.1) is 25.2 Å². The maximum atomic E-state index is 8.85. The van der Waals surface area contributed by atoms with Gasteiger partial charge in [0.1, 0.15) is 5.75 Å². The van der Waals surface area contributed by atoms with Crippen molar-refractivity contribution in [3.63, 3.8) is 0 Å². The third kappa shape index (κ3) is 2.67. The highest BCUT2D eigenvalue weighted by Gasteiger charge is 2.09. The molecule has 0 bridgehead atoms. The van der Waals surface area contributed by atoms with Crippen molar-refractivity contribution in [3.05, 3.63) is 47.0 Å². The van der Waals surface area contributed by atoms with Gasteiger partial charge in [0.05, 0.1) is 35.8 Å². The summed E-state index contributed by atoms with van der Waals surface area (Å²) in [5, 5.41) is 12.1. The third-order valence-electron chi connectivity index (χ3n) is 3.07. The normalized spacial score (nSPS) is 9.90. The molecule has 0 aliphatic heterocycles. The summed E-state index contributed by atoms with van der Waals surface area (Å²) < 4.78 is 5.43. The molecule has 2 rings (SSSR count). The summed E-state index contributed by atoms with van der Waals surface area (Å²) in [6.07, 6.45) is 0. The molecule has 4 heteroatoms. The van der Waals surface area contributed by atoms with Crippen LogP contribution < -0.4 is 15.8 Å². The number of nitrogens with zero attached hydrogens (tertiary/aromatic N) is 1. The van der Waals surface area contributed by atoms with Crippen molar-refractivity contribution in [2.45, 2.75) is 13.8 Å². The number of methoxy groups -OCH3 is 1. The Hall–Kier alpha value is -2.67. The average Bonchev–Trinajstić information content (AvgIpc) is 2.40. The number of nitrogens with one attached hydrogen (secondary N) is 1. The van der Waals surface area contributed by atoms with Gasteiger partial charge in [0.25, 0.3) is 0 Å². The summed E-state index contributed by atoms with van der Waals surface area (Å²) in [6.45, 7) is 4.03. The monoisotopic (exact) mass is 267 g/mol. The number of rotatable bonds is 3. The van der Waals surface area contributed by atoms with Gasteiger partial charge in [0.2, 0.25) is 0 Å². The predicted octanol–water partition coefficient (Wildman–Crippen LogP) is 3.51. The lowest BCUT2D eigenvalue weighted by Crippen LogP contribution is -2.00. The topological polar surface area (TPSA) is 71.1 Å². The molecule has 0 heterocycles. The van der Waals surface area contributed by atoms with Crippen LogP contribution in [0.4, 0.5) is 17.1 Å². The standard InChI is InChI=1S/C16H17N3O/c1-10-6-11(2)16(20-3)15(7-10)19-14-5-4-12(9-17)8-13(14)18/h4-8,19H,18H2,1-3H3. The van der Waals surface area contributed by atoms with Crippen molar-refractivity contribution in [2.24, 2.45) is 0 Å². The Kier molecular flexibility index (Phi) is 3.81. The van der Waals surface area contributed by atoms with Gasteiger partial charge in [-0.2, -0.15) is 5.26 Å². The Labute approximate surface area is 118 Å². The maximum absolute atomic E-state index is 8.85. The first-order valence-electron chi connectivity index (χ1n) is 6.27. The smallest absolute Gasteiger partial charge is 0.145 e. The summed E-state index contributed by atoms with van der Waals surface area (Å²) in [4.78, 5) is 0. The van der Waals surface area contributed by atoms with E-state index in [-0.39, 0.29) is 0 Å². The molecule has 102 valence electrons. The molecule has 20 heavy (non-hydrogen) atoms. The van der Waals surface area contributed by atoms with E-state index in [1.165, 1.54) is 0 Å². The van der Waals surface area contributed by atoms with Crippen molar-refractivity contribution in [2.75, 3.05) is 18.2 Å². The molecule has 0 saturated carbocycles. The molecule has 0 radical (unpaired) electrons. The minimum atomic E-state index is 0.533. The van der Waals surface area contributed by atoms with Gasteiger partial charge < -0.3 is 15.8 Å². The van der Waals surface area contributed by atoms with Gasteiger partial charge in [-0.25, -0.2) is 0 Å². The van der Waals surface area contributed by atoms with Crippen LogP contribution in [0.5, 0.6) is 5.75 Å². The van der Waals surface area contributed by atoms with Gasteiger partial charge in [0.15, 0.2) is 0 Å². The molecule has 3 N–H and O–H groups in total. The summed E-state index contributed by atoms with van der Waals surface area (Å²) in [7, 11) is 1.64. The number of nitriles is 1. The number of nitrogen functional groups attached to an aromatic ring is 1. The number of hydrogen-bond donors (Lipinski definition) is 2. The van der Waals surface area contributed by atoms with E-state index in [2.05, 4.69) is 17.5 Å². The summed E-state index contributed by atoms with van der Waals surface area (Å²) in [5.74, 6) is 0.791. The first-order valence-corrected chi connectivity index (χ1v) is 6.27. The molecule has 0 spiro atoms. The Morgan fingerprint density at radius 3 is 2.50 bits per heavy atom. The lowest BCUT2D eigenvalue weighted by Gasteiger charge is -2.16. The Morgan fingerprint density at radius 2 is 1.90 bits per heavy atom. The molecule has 0 fully saturated rings. The van der Waals surface area contributed by atoms with E-state index < -0.39 is 0 Å². The van der Waals surface area contributed by atoms with Crippen LogP contribution in [0.25, 0.3) is 0 Å². The highest BCUT2D eigenvalue weighted by atomic mass is 16.5. The van der Waals surface area contributed by atoms with Gasteiger partial charge in [0, 0.05) is 0 Å². The lowest BCUT2D eigenvalue weighted by atomic mass is 10.1. The van der Waals surface area contributed by atoms with Crippen molar-refractivity contribution in [1.29, 1.82) is 5.26 Å². The van der Waals surface area contributed by atoms with Crippen LogP contribution in [0.15, 0.2) is 30.3 Å². The Morgan fingerprint density at radius 1 is 1.15 bits per heavy atom. The first-order chi connectivity index (χ1) is 9.55. The van der Waals surface area contributed by atoms with E-state index in [4.69, 9.17) is 15.7 Å². The molecular weight excluding hydrogens is 250 g/mol. The minimum Gasteiger partial charge on any atom is -0.494 e. The molecule has 0 aromatic heterocycles. The van der Waals surface area contributed by atoms with Crippen LogP contribution in [0.2, 0.25) is 0 Å². The molecular formula is C16H17N3O. The molecule has 0 saturated heterocycles. The zero-order valence-corrected chi connectivity index (χ0v) is 11.8. The second-order valence-corrected chi connectivity index (χ2v) is 4.70. The number of hydrogen-bond acceptors (Lipinski definition) is 4. The molecule has 2 aromatic carbocycles. The summed E-state index contributed by atoms with van der Waals surface area (Å²) in [6, 6.07) is 11.3. The fourth-order valence-electron chi connectivity index (χ4n) is 2.21. The maximum Gasteiger partial charge on any atom is 0.145 e. The lowest BCUT2D eigenvalue weighted by molar-refractivity contribution is 0.413. The van der Waals surface area contributed by atoms with Gasteiger partial charge in [-0.1, -0.05) is 6.07 Å². The summed E-state index contributed by atoms with van der Waals surface area (Å²) >= 11 is 0. The largest absolute Gasteiger partial charge is 0.494 e. The highest BCUT2D eigenvalue weighted by molar-refractivity contribution is 5.77. The fraction of sp³-hybridized carbons (Fsp3) is 0.188. The first kappa shape index (κ1) is 13.8. The van der Waals surface area contributed by atoms with Crippen LogP contribution in [-0.4, -0.2) is 7.11 Å². The van der Waals surface area contributed by atoms with Crippen LogP contribution in [-0.2, 0) is 0 Å². The van der Waals surface area contributed by atoms with Crippen molar-refractivity contribution < 1.29 is 4.74 Å². The average molecular weight is 267 g/mol. The fourth-order valence-corrected chi connectivity index (χ4v) is 2.21. The number of benzene rings is 2. The highest BCUT2D eigenvalue weighted by Crippen LogP contribution is 2.34. The molecule has 0 atom stereocenters. The Balaban J connectivity index is 2.42. The van der Waals surface area contributed by atoms with Gasteiger partial charge in [-0.05, 0) is 49.2 Å². The zero-order chi connectivity index (χ0) is 14.7. The SMILES string of the molecule is COc1c(C)cc(C)cc1Nc1ccc(C#N)cc1N. The van der Waals surface area contributed by atoms with Crippen LogP contribution in [0.1, 0.15) is 16.7 Å². The molecule has 0 aliphatic rings. The van der Waals surface area contributed by atoms with Crippen molar-refractivity contribution in [1.82, 2.24) is 0 Å². The van der Waals surface area contributed by atoms with E-state index in [9.17, 15) is 0 Å². The van der Waals surface area contributed by atoms with E-state index in [1.807, 2.05) is 19.9 Å². The third-order valence-corrected chi connectivity index (χ3v) is 3.07. The second-order valence-electron chi connectivity index (χ2n) is 4.70. The second kappa shape index (κ2) is 5.54. The van der Waals surface area contributed by atoms with E-state index in [0.29, 0.717) is 11.3 Å². The van der Waals surface area contributed by atoms with Gasteiger partial charge in [-0.3, -0.25) is 0 Å². The molecule has 0 unspecified atom stereocenters. The predicted molar refractivity (Wildman–Crippen MR) is 81.3 cm³/mol. The van der Waals surface area contributed by atoms with Crippen molar-refractivity contribution >= 4 is 17.1 Å². The number of anilines is 3. The number of aryl methyl sites for hydroxylation is 2. The van der Waals surface area contributed by atoms with E-state index in [1.54, 1.807) is 25.3 Å². The molecule has 0 aliphatic carbocycles. The quantitative estimate of drug-likeness (QED) is 0.835. The molecule has 4 nitrogen and oxygen atoms in total. The Bertz CT molecular complexity index is 687. The van der Waals surface area contributed by atoms with E-state index >= 15 is 0 Å². The van der Waals surface area contributed by atoms with Gasteiger partial charge >= 0.3 is 0 Å². The minimum absolute atomic E-state index is 0.533.